The van der Waals surface area contributed by atoms with Gasteiger partial charge < -0.3 is 20.1 Å². The number of nitrogen functional groups attached to an aromatic ring is 1. The van der Waals surface area contributed by atoms with Crippen molar-refractivity contribution in [1.82, 2.24) is 5.32 Å². The van der Waals surface area contributed by atoms with Crippen LogP contribution < -0.4 is 11.1 Å². The highest BCUT2D eigenvalue weighted by Gasteiger charge is 2.45. The molecule has 0 bridgehead atoms. The summed E-state index contributed by atoms with van der Waals surface area (Å²) in [6.07, 6.45) is 3.85. The Morgan fingerprint density at radius 3 is 2.80 bits per heavy atom. The first-order chi connectivity index (χ1) is 14.5. The number of rotatable bonds is 5. The van der Waals surface area contributed by atoms with E-state index in [0.717, 1.165) is 15.6 Å². The van der Waals surface area contributed by atoms with Crippen molar-refractivity contribution in [2.75, 3.05) is 18.9 Å². The SMILES string of the molecule is Nc1cccc(C=CNC(=O)C(c2csc3ccc(Cl)cc23)P2(=O)OCCCO2)c1. The maximum Gasteiger partial charge on any atom is 0.347 e. The normalized spacial score (nSPS) is 17.2. The zero-order chi connectivity index (χ0) is 21.1. The third kappa shape index (κ3) is 4.46. The van der Waals surface area contributed by atoms with Gasteiger partial charge in [-0.3, -0.25) is 9.36 Å². The van der Waals surface area contributed by atoms with E-state index >= 15 is 0 Å². The minimum Gasteiger partial charge on any atom is -0.399 e. The molecular weight excluding hydrogens is 443 g/mol. The van der Waals surface area contributed by atoms with Crippen LogP contribution in [0, 0.1) is 0 Å². The average molecular weight is 463 g/mol. The minimum absolute atomic E-state index is 0.281. The molecule has 30 heavy (non-hydrogen) atoms. The van der Waals surface area contributed by atoms with Gasteiger partial charge in [0.1, 0.15) is 0 Å². The Kier molecular flexibility index (Phi) is 6.27. The first-order valence-corrected chi connectivity index (χ1v) is 12.2. The summed E-state index contributed by atoms with van der Waals surface area (Å²) in [7, 11) is -3.71. The predicted molar refractivity (Wildman–Crippen MR) is 122 cm³/mol. The van der Waals surface area contributed by atoms with Gasteiger partial charge in [0.2, 0.25) is 5.91 Å². The van der Waals surface area contributed by atoms with Crippen molar-refractivity contribution < 1.29 is 18.4 Å². The van der Waals surface area contributed by atoms with Crippen LogP contribution in [0.15, 0.2) is 54.0 Å². The summed E-state index contributed by atoms with van der Waals surface area (Å²) in [5.74, 6) is -0.472. The van der Waals surface area contributed by atoms with Crippen LogP contribution in [0.3, 0.4) is 0 Å². The molecule has 2 aromatic carbocycles. The van der Waals surface area contributed by atoms with Gasteiger partial charge in [0.25, 0.3) is 0 Å². The Labute approximate surface area is 183 Å². The number of carbonyl (C=O) groups is 1. The van der Waals surface area contributed by atoms with Gasteiger partial charge in [0.05, 0.1) is 13.2 Å². The Morgan fingerprint density at radius 2 is 2.03 bits per heavy atom. The van der Waals surface area contributed by atoms with Gasteiger partial charge in [-0.1, -0.05) is 23.7 Å². The van der Waals surface area contributed by atoms with E-state index in [1.54, 1.807) is 30.3 Å². The zero-order valence-electron chi connectivity index (χ0n) is 15.9. The topological polar surface area (TPSA) is 90.7 Å². The first-order valence-electron chi connectivity index (χ1n) is 9.34. The molecule has 0 radical (unpaired) electrons. The van der Waals surface area contributed by atoms with Gasteiger partial charge in [0, 0.05) is 21.6 Å². The number of anilines is 1. The number of amides is 1. The number of fused-ring (bicyclic) bond motifs is 1. The third-order valence-corrected chi connectivity index (χ3v) is 8.11. The predicted octanol–water partition coefficient (Wildman–Crippen LogP) is 5.60. The van der Waals surface area contributed by atoms with E-state index in [1.807, 2.05) is 23.6 Å². The van der Waals surface area contributed by atoms with E-state index in [9.17, 15) is 9.36 Å². The first kappa shape index (κ1) is 21.1. The average Bonchev–Trinajstić information content (AvgIpc) is 3.11. The lowest BCUT2D eigenvalue weighted by atomic mass is 10.1. The number of benzene rings is 2. The highest BCUT2D eigenvalue weighted by Crippen LogP contribution is 2.63. The molecule has 156 valence electrons. The van der Waals surface area contributed by atoms with Gasteiger partial charge >= 0.3 is 7.60 Å². The summed E-state index contributed by atoms with van der Waals surface area (Å²) in [5, 5.41) is 5.83. The molecule has 1 aromatic heterocycles. The van der Waals surface area contributed by atoms with Crippen LogP contribution in [0.4, 0.5) is 5.69 Å². The van der Waals surface area contributed by atoms with Gasteiger partial charge in [-0.05, 0) is 64.7 Å². The largest absolute Gasteiger partial charge is 0.399 e. The smallest absolute Gasteiger partial charge is 0.347 e. The van der Waals surface area contributed by atoms with Crippen LogP contribution in [-0.4, -0.2) is 19.1 Å². The Hall–Kier alpha value is -2.15. The summed E-state index contributed by atoms with van der Waals surface area (Å²) >= 11 is 7.62. The van der Waals surface area contributed by atoms with E-state index in [-0.39, 0.29) is 13.2 Å². The lowest BCUT2D eigenvalue weighted by Crippen LogP contribution is -2.28. The van der Waals surface area contributed by atoms with Gasteiger partial charge in [-0.15, -0.1) is 11.3 Å². The summed E-state index contributed by atoms with van der Waals surface area (Å²) in [4.78, 5) is 13.2. The molecule has 0 aliphatic carbocycles. The molecule has 1 fully saturated rings. The van der Waals surface area contributed by atoms with E-state index in [2.05, 4.69) is 5.32 Å². The number of thiophene rings is 1. The van der Waals surface area contributed by atoms with E-state index in [4.69, 9.17) is 26.4 Å². The van der Waals surface area contributed by atoms with E-state index in [0.29, 0.717) is 22.7 Å². The minimum atomic E-state index is -3.71. The summed E-state index contributed by atoms with van der Waals surface area (Å²) < 4.78 is 25.5. The molecule has 2 heterocycles. The number of nitrogens with one attached hydrogen (secondary N) is 1. The molecule has 9 heteroatoms. The number of nitrogens with two attached hydrogens (primary N) is 1. The molecular formula is C21H20ClN2O4PS. The Balaban J connectivity index is 1.67. The van der Waals surface area contributed by atoms with Crippen molar-refractivity contribution in [1.29, 1.82) is 0 Å². The number of halogens is 1. The fraction of sp³-hybridized carbons (Fsp3) is 0.190. The number of carbonyl (C=O) groups excluding carboxylic acids is 1. The van der Waals surface area contributed by atoms with Gasteiger partial charge in [0.15, 0.2) is 5.66 Å². The fourth-order valence-electron chi connectivity index (χ4n) is 3.28. The highest BCUT2D eigenvalue weighted by molar-refractivity contribution is 7.55. The zero-order valence-corrected chi connectivity index (χ0v) is 18.4. The summed E-state index contributed by atoms with van der Waals surface area (Å²) in [6.45, 7) is 0.562. The number of hydrogen-bond donors (Lipinski definition) is 2. The lowest BCUT2D eigenvalue weighted by molar-refractivity contribution is -0.120. The maximum absolute atomic E-state index is 13.5. The van der Waals surface area contributed by atoms with Crippen molar-refractivity contribution >= 4 is 58.3 Å². The van der Waals surface area contributed by atoms with Crippen molar-refractivity contribution in [2.24, 2.45) is 0 Å². The quantitative estimate of drug-likeness (QED) is 0.380. The van der Waals surface area contributed by atoms with Crippen LogP contribution >= 0.6 is 30.5 Å². The second-order valence-corrected chi connectivity index (χ2v) is 10.3. The van der Waals surface area contributed by atoms with Crippen molar-refractivity contribution in [3.8, 4) is 0 Å². The Bertz CT molecular complexity index is 1150. The maximum atomic E-state index is 13.5. The molecule has 0 spiro atoms. The molecule has 1 amide bonds. The van der Waals surface area contributed by atoms with E-state index in [1.165, 1.54) is 17.5 Å². The van der Waals surface area contributed by atoms with Crippen LogP contribution in [0.5, 0.6) is 0 Å². The van der Waals surface area contributed by atoms with Crippen LogP contribution in [0.25, 0.3) is 16.2 Å². The van der Waals surface area contributed by atoms with Crippen molar-refractivity contribution in [3.63, 3.8) is 0 Å². The van der Waals surface area contributed by atoms with Gasteiger partial charge in [-0.2, -0.15) is 0 Å². The molecule has 3 aromatic rings. The standard InChI is InChI=1S/C21H20ClN2O4PS/c22-15-5-6-19-17(12-15)18(13-30-19)20(29(26)27-9-2-10-28-29)21(25)24-8-7-14-3-1-4-16(23)11-14/h1,3-8,11-13,20H,2,9-10,23H2,(H,24,25). The second kappa shape index (κ2) is 8.92. The van der Waals surface area contributed by atoms with Crippen LogP contribution in [0.1, 0.15) is 23.2 Å². The second-order valence-electron chi connectivity index (χ2n) is 6.81. The van der Waals surface area contributed by atoms with Crippen LogP contribution in [0.2, 0.25) is 5.02 Å². The lowest BCUT2D eigenvalue weighted by Gasteiger charge is -2.29. The summed E-state index contributed by atoms with van der Waals surface area (Å²) in [5.41, 5.74) is 6.71. The monoisotopic (exact) mass is 462 g/mol. The number of hydrogen-bond acceptors (Lipinski definition) is 6. The van der Waals surface area contributed by atoms with Crippen molar-refractivity contribution in [2.45, 2.75) is 12.1 Å². The Morgan fingerprint density at radius 1 is 1.23 bits per heavy atom. The van der Waals surface area contributed by atoms with Gasteiger partial charge in [-0.25, -0.2) is 0 Å². The highest BCUT2D eigenvalue weighted by atomic mass is 35.5. The third-order valence-electron chi connectivity index (χ3n) is 4.67. The van der Waals surface area contributed by atoms with Crippen LogP contribution in [-0.2, 0) is 18.4 Å². The van der Waals surface area contributed by atoms with Crippen molar-refractivity contribution in [3.05, 3.63) is 70.2 Å². The molecule has 3 N–H and O–H groups in total. The summed E-state index contributed by atoms with van der Waals surface area (Å²) in [6, 6.07) is 12.7. The molecule has 1 aliphatic rings. The molecule has 1 saturated heterocycles. The molecule has 0 saturated carbocycles. The molecule has 6 nitrogen and oxygen atoms in total. The molecule has 4 rings (SSSR count). The molecule has 1 aliphatic heterocycles. The molecule has 1 atom stereocenters. The molecule has 1 unspecified atom stereocenters. The van der Waals surface area contributed by atoms with E-state index < -0.39 is 19.2 Å². The fourth-order valence-corrected chi connectivity index (χ4v) is 6.57.